The van der Waals surface area contributed by atoms with Crippen molar-refractivity contribution in [3.63, 3.8) is 0 Å². The molecule has 1 unspecified atom stereocenters. The molecule has 0 aromatic carbocycles. The van der Waals surface area contributed by atoms with Crippen LogP contribution in [0, 0.1) is 0 Å². The van der Waals surface area contributed by atoms with Gasteiger partial charge in [0.05, 0.1) is 12.7 Å². The molecule has 1 aliphatic heterocycles. The van der Waals surface area contributed by atoms with E-state index in [4.69, 9.17) is 5.11 Å². The number of piperidine rings is 1. The Bertz CT molecular complexity index is 627. The Balaban J connectivity index is 2.00. The molecule has 6 nitrogen and oxygen atoms in total. The second-order valence-electron chi connectivity index (χ2n) is 4.60. The smallest absolute Gasteiger partial charge is 0.356 e. The standard InChI is InChI=1S/C12H13FN4O2/c13-8-2-1-5-16(7-8)11-4-3-10-14-6-9(12(18)19)17(10)15-11/h3-4,6,8H,1-2,5,7H2,(H,18,19). The van der Waals surface area contributed by atoms with E-state index < -0.39 is 12.1 Å². The number of anilines is 1. The van der Waals surface area contributed by atoms with Crippen LogP contribution in [0.3, 0.4) is 0 Å². The number of carboxylic acids is 1. The molecule has 2 aromatic rings. The van der Waals surface area contributed by atoms with Crippen molar-refractivity contribution < 1.29 is 14.3 Å². The molecule has 3 heterocycles. The molecule has 3 rings (SSSR count). The Morgan fingerprint density at radius 1 is 1.47 bits per heavy atom. The first-order valence-corrected chi connectivity index (χ1v) is 6.12. The van der Waals surface area contributed by atoms with Crippen LogP contribution in [0.2, 0.25) is 0 Å². The number of carbonyl (C=O) groups is 1. The molecule has 1 N–H and O–H groups in total. The number of carboxylic acid groups (broad SMARTS) is 1. The second kappa shape index (κ2) is 4.49. The Kier molecular flexibility index (Phi) is 2.81. The third-order valence-corrected chi connectivity index (χ3v) is 3.26. The highest BCUT2D eigenvalue weighted by molar-refractivity contribution is 5.86. The monoisotopic (exact) mass is 264 g/mol. The van der Waals surface area contributed by atoms with Crippen LogP contribution in [-0.4, -0.2) is 44.9 Å². The molecule has 1 fully saturated rings. The first kappa shape index (κ1) is 11.9. The normalized spacial score (nSPS) is 19.8. The van der Waals surface area contributed by atoms with E-state index in [-0.39, 0.29) is 5.69 Å². The molecule has 0 radical (unpaired) electrons. The molecule has 0 amide bonds. The number of hydrogen-bond donors (Lipinski definition) is 1. The summed E-state index contributed by atoms with van der Waals surface area (Å²) < 4.78 is 14.7. The van der Waals surface area contributed by atoms with E-state index in [2.05, 4.69) is 10.1 Å². The van der Waals surface area contributed by atoms with Crippen LogP contribution in [0.25, 0.3) is 5.65 Å². The van der Waals surface area contributed by atoms with Gasteiger partial charge in [0.2, 0.25) is 0 Å². The zero-order valence-electron chi connectivity index (χ0n) is 10.2. The van der Waals surface area contributed by atoms with Crippen LogP contribution in [0.1, 0.15) is 23.3 Å². The Morgan fingerprint density at radius 2 is 2.32 bits per heavy atom. The van der Waals surface area contributed by atoms with Gasteiger partial charge in [0, 0.05) is 6.54 Å². The van der Waals surface area contributed by atoms with Crippen LogP contribution in [0.4, 0.5) is 10.2 Å². The number of alkyl halides is 1. The van der Waals surface area contributed by atoms with Crippen LogP contribution < -0.4 is 4.90 Å². The minimum atomic E-state index is -1.08. The number of aromatic nitrogens is 3. The summed E-state index contributed by atoms with van der Waals surface area (Å²) in [6.07, 6.45) is 1.76. The lowest BCUT2D eigenvalue weighted by atomic mass is 10.1. The van der Waals surface area contributed by atoms with Gasteiger partial charge in [-0.3, -0.25) is 0 Å². The van der Waals surface area contributed by atoms with E-state index in [9.17, 15) is 9.18 Å². The van der Waals surface area contributed by atoms with E-state index >= 15 is 0 Å². The van der Waals surface area contributed by atoms with Gasteiger partial charge in [0.25, 0.3) is 0 Å². The van der Waals surface area contributed by atoms with Crippen molar-refractivity contribution in [1.29, 1.82) is 0 Å². The molecule has 1 saturated heterocycles. The predicted octanol–water partition coefficient (Wildman–Crippen LogP) is 1.37. The van der Waals surface area contributed by atoms with Gasteiger partial charge in [0.15, 0.2) is 11.3 Å². The van der Waals surface area contributed by atoms with Crippen LogP contribution in [0.5, 0.6) is 0 Å². The quantitative estimate of drug-likeness (QED) is 0.887. The highest BCUT2D eigenvalue weighted by Crippen LogP contribution is 2.20. The highest BCUT2D eigenvalue weighted by atomic mass is 19.1. The third-order valence-electron chi connectivity index (χ3n) is 3.26. The summed E-state index contributed by atoms with van der Waals surface area (Å²) in [6, 6.07) is 3.43. The number of imidazole rings is 1. The summed E-state index contributed by atoms with van der Waals surface area (Å²) >= 11 is 0. The molecule has 0 aliphatic carbocycles. The molecule has 19 heavy (non-hydrogen) atoms. The third kappa shape index (κ3) is 2.11. The van der Waals surface area contributed by atoms with Gasteiger partial charge in [0.1, 0.15) is 12.0 Å². The lowest BCUT2D eigenvalue weighted by Crippen LogP contribution is -2.37. The van der Waals surface area contributed by atoms with Gasteiger partial charge in [-0.25, -0.2) is 18.7 Å². The number of aromatic carboxylic acids is 1. The molecule has 7 heteroatoms. The van der Waals surface area contributed by atoms with Gasteiger partial charge in [-0.2, -0.15) is 0 Å². The topological polar surface area (TPSA) is 70.7 Å². The van der Waals surface area contributed by atoms with Crippen molar-refractivity contribution >= 4 is 17.4 Å². The van der Waals surface area contributed by atoms with E-state index in [0.717, 1.165) is 13.0 Å². The lowest BCUT2D eigenvalue weighted by Gasteiger charge is -2.29. The maximum Gasteiger partial charge on any atom is 0.356 e. The molecular weight excluding hydrogens is 251 g/mol. The summed E-state index contributed by atoms with van der Waals surface area (Å²) in [5.41, 5.74) is 0.473. The Hall–Kier alpha value is -2.18. The minimum absolute atomic E-state index is 0.00524. The van der Waals surface area contributed by atoms with Gasteiger partial charge < -0.3 is 10.0 Å². The fraction of sp³-hybridized carbons (Fsp3) is 0.417. The van der Waals surface area contributed by atoms with Crippen molar-refractivity contribution in [2.24, 2.45) is 0 Å². The number of hydrogen-bond acceptors (Lipinski definition) is 4. The predicted molar refractivity (Wildman–Crippen MR) is 66.3 cm³/mol. The summed E-state index contributed by atoms with van der Waals surface area (Å²) in [6.45, 7) is 1.03. The zero-order valence-corrected chi connectivity index (χ0v) is 10.2. The van der Waals surface area contributed by atoms with E-state index in [1.54, 1.807) is 12.1 Å². The summed E-state index contributed by atoms with van der Waals surface area (Å²) in [5.74, 6) is -0.505. The van der Waals surface area contributed by atoms with Crippen LogP contribution in [0.15, 0.2) is 18.3 Å². The summed E-state index contributed by atoms with van der Waals surface area (Å²) in [4.78, 5) is 16.8. The molecule has 1 aliphatic rings. The Labute approximate surface area is 108 Å². The SMILES string of the molecule is O=C(O)c1cnc2ccc(N3CCCC(F)C3)nn12. The van der Waals surface area contributed by atoms with Crippen molar-refractivity contribution in [3.05, 3.63) is 24.0 Å². The zero-order chi connectivity index (χ0) is 13.4. The molecule has 0 spiro atoms. The average molecular weight is 264 g/mol. The maximum absolute atomic E-state index is 13.4. The van der Waals surface area contributed by atoms with Gasteiger partial charge >= 0.3 is 5.97 Å². The first-order valence-electron chi connectivity index (χ1n) is 6.12. The number of rotatable bonds is 2. The van der Waals surface area contributed by atoms with Gasteiger partial charge in [-0.1, -0.05) is 0 Å². The highest BCUT2D eigenvalue weighted by Gasteiger charge is 2.21. The van der Waals surface area contributed by atoms with Crippen molar-refractivity contribution in [3.8, 4) is 0 Å². The van der Waals surface area contributed by atoms with Crippen molar-refractivity contribution in [2.45, 2.75) is 19.0 Å². The van der Waals surface area contributed by atoms with Crippen molar-refractivity contribution in [1.82, 2.24) is 14.6 Å². The molecule has 0 saturated carbocycles. The maximum atomic E-state index is 13.4. The van der Waals surface area contributed by atoms with E-state index in [1.165, 1.54) is 10.7 Å². The van der Waals surface area contributed by atoms with E-state index in [1.807, 2.05) is 4.90 Å². The number of halogens is 1. The summed E-state index contributed by atoms with van der Waals surface area (Å²) in [5, 5.41) is 13.3. The van der Waals surface area contributed by atoms with Gasteiger partial charge in [-0.05, 0) is 25.0 Å². The van der Waals surface area contributed by atoms with Crippen molar-refractivity contribution in [2.75, 3.05) is 18.0 Å². The molecule has 2 aromatic heterocycles. The fourth-order valence-corrected chi connectivity index (χ4v) is 2.31. The van der Waals surface area contributed by atoms with E-state index in [0.29, 0.717) is 24.4 Å². The van der Waals surface area contributed by atoms with Crippen LogP contribution in [-0.2, 0) is 0 Å². The number of nitrogens with zero attached hydrogens (tertiary/aromatic N) is 4. The largest absolute Gasteiger partial charge is 0.476 e. The lowest BCUT2D eigenvalue weighted by molar-refractivity contribution is 0.0688. The first-order chi connectivity index (χ1) is 9.15. The summed E-state index contributed by atoms with van der Waals surface area (Å²) in [7, 11) is 0. The fourth-order valence-electron chi connectivity index (χ4n) is 2.31. The average Bonchev–Trinajstić information content (AvgIpc) is 2.81. The number of fused-ring (bicyclic) bond motifs is 1. The van der Waals surface area contributed by atoms with Gasteiger partial charge in [-0.15, -0.1) is 5.10 Å². The van der Waals surface area contributed by atoms with Crippen LogP contribution >= 0.6 is 0 Å². The second-order valence-corrected chi connectivity index (χ2v) is 4.60. The molecular formula is C12H13FN4O2. The minimum Gasteiger partial charge on any atom is -0.476 e. The molecule has 0 bridgehead atoms. The Morgan fingerprint density at radius 3 is 3.05 bits per heavy atom. The molecule has 100 valence electrons. The molecule has 1 atom stereocenters.